The van der Waals surface area contributed by atoms with Gasteiger partial charge in [-0.3, -0.25) is 4.99 Å². The fourth-order valence-corrected chi connectivity index (χ4v) is 3.39. The third kappa shape index (κ3) is 2.41. The van der Waals surface area contributed by atoms with Gasteiger partial charge in [-0.25, -0.2) is 0 Å². The van der Waals surface area contributed by atoms with E-state index in [4.69, 9.17) is 9.73 Å². The molecular formula is C22H19NO. The first-order valence-electron chi connectivity index (χ1n) is 8.14. The summed E-state index contributed by atoms with van der Waals surface area (Å²) in [6, 6.07) is 23.2. The Balaban J connectivity index is 1.99. The molecule has 1 aliphatic heterocycles. The lowest BCUT2D eigenvalue weighted by atomic mass is 9.90. The number of hydrogen-bond acceptors (Lipinski definition) is 2. The average molecular weight is 313 g/mol. The van der Waals surface area contributed by atoms with Gasteiger partial charge < -0.3 is 4.74 Å². The van der Waals surface area contributed by atoms with Gasteiger partial charge in [0.2, 0.25) is 0 Å². The minimum atomic E-state index is 0.0141. The van der Waals surface area contributed by atoms with E-state index in [0.717, 1.165) is 5.75 Å². The highest BCUT2D eigenvalue weighted by atomic mass is 16.5. The van der Waals surface area contributed by atoms with Crippen molar-refractivity contribution in [2.75, 3.05) is 7.11 Å². The van der Waals surface area contributed by atoms with Gasteiger partial charge in [-0.05, 0) is 46.9 Å². The molecule has 1 heterocycles. The molecule has 0 bridgehead atoms. The Morgan fingerprint density at radius 2 is 1.62 bits per heavy atom. The summed E-state index contributed by atoms with van der Waals surface area (Å²) < 4.78 is 5.48. The molecule has 0 saturated carbocycles. The lowest BCUT2D eigenvalue weighted by molar-refractivity contribution is 0.414. The summed E-state index contributed by atoms with van der Waals surface area (Å²) in [7, 11) is 1.71. The van der Waals surface area contributed by atoms with Crippen LogP contribution in [0.5, 0.6) is 5.75 Å². The van der Waals surface area contributed by atoms with Crippen LogP contribution in [0, 0.1) is 6.92 Å². The second-order valence-corrected chi connectivity index (χ2v) is 6.08. The molecule has 0 saturated heterocycles. The molecule has 0 amide bonds. The summed E-state index contributed by atoms with van der Waals surface area (Å²) in [5, 5.41) is 0. The molecule has 0 spiro atoms. The number of rotatable bonds is 2. The van der Waals surface area contributed by atoms with Gasteiger partial charge in [0.25, 0.3) is 0 Å². The molecule has 4 rings (SSSR count). The van der Waals surface area contributed by atoms with Crippen molar-refractivity contribution in [2.45, 2.75) is 13.0 Å². The Morgan fingerprint density at radius 3 is 2.42 bits per heavy atom. The van der Waals surface area contributed by atoms with Gasteiger partial charge in [0.1, 0.15) is 11.8 Å². The number of hydrogen-bond donors (Lipinski definition) is 0. The molecule has 0 N–H and O–H groups in total. The van der Waals surface area contributed by atoms with E-state index < -0.39 is 0 Å². The van der Waals surface area contributed by atoms with E-state index >= 15 is 0 Å². The van der Waals surface area contributed by atoms with E-state index in [2.05, 4.69) is 67.6 Å². The largest absolute Gasteiger partial charge is 0.497 e. The molecule has 0 unspecified atom stereocenters. The van der Waals surface area contributed by atoms with Crippen LogP contribution < -0.4 is 4.74 Å². The third-order valence-corrected chi connectivity index (χ3v) is 4.61. The number of fused-ring (bicyclic) bond motifs is 3. The predicted octanol–water partition coefficient (Wildman–Crippen LogP) is 5.19. The fraction of sp³-hybridized carbons (Fsp3) is 0.136. The molecule has 1 aliphatic rings. The van der Waals surface area contributed by atoms with Gasteiger partial charge >= 0.3 is 0 Å². The molecule has 3 aromatic carbocycles. The first-order valence-corrected chi connectivity index (χ1v) is 8.14. The zero-order chi connectivity index (χ0) is 16.5. The summed E-state index contributed by atoms with van der Waals surface area (Å²) in [6.45, 7) is 2.11. The van der Waals surface area contributed by atoms with Gasteiger partial charge in [-0.1, -0.05) is 54.6 Å². The lowest BCUT2D eigenvalue weighted by Gasteiger charge is -2.16. The first kappa shape index (κ1) is 14.7. The molecule has 2 heteroatoms. The Hall–Kier alpha value is -2.87. The van der Waals surface area contributed by atoms with Crippen LogP contribution in [-0.2, 0) is 0 Å². The standard InChI is InChI=1S/C22H19NO/c1-15-12-17(24-2)13-20-18-10-6-7-11-19(18)22(23-14-21(15)20)16-8-4-3-5-9-16/h3-14,22H,1-2H3/t22-/m1/s1. The van der Waals surface area contributed by atoms with Crippen LogP contribution in [0.1, 0.15) is 28.3 Å². The van der Waals surface area contributed by atoms with Gasteiger partial charge in [-0.15, -0.1) is 0 Å². The van der Waals surface area contributed by atoms with E-state index in [1.54, 1.807) is 7.11 Å². The fourth-order valence-electron chi connectivity index (χ4n) is 3.39. The molecule has 0 radical (unpaired) electrons. The molecule has 0 aromatic heterocycles. The van der Waals surface area contributed by atoms with Crippen LogP contribution in [0.2, 0.25) is 0 Å². The number of nitrogens with zero attached hydrogens (tertiary/aromatic N) is 1. The minimum Gasteiger partial charge on any atom is -0.497 e. The van der Waals surface area contributed by atoms with Crippen LogP contribution in [-0.4, -0.2) is 13.3 Å². The topological polar surface area (TPSA) is 21.6 Å². The van der Waals surface area contributed by atoms with Gasteiger partial charge in [0.15, 0.2) is 0 Å². The molecule has 1 atom stereocenters. The number of ether oxygens (including phenoxy) is 1. The number of aryl methyl sites for hydroxylation is 1. The molecule has 3 aromatic rings. The van der Waals surface area contributed by atoms with Crippen molar-refractivity contribution < 1.29 is 4.74 Å². The normalized spacial score (nSPS) is 15.3. The van der Waals surface area contributed by atoms with E-state index in [-0.39, 0.29) is 6.04 Å². The molecule has 24 heavy (non-hydrogen) atoms. The smallest absolute Gasteiger partial charge is 0.119 e. The zero-order valence-corrected chi connectivity index (χ0v) is 13.9. The average Bonchev–Trinajstić information content (AvgIpc) is 2.80. The van der Waals surface area contributed by atoms with Crippen LogP contribution in [0.25, 0.3) is 11.1 Å². The maximum atomic E-state index is 5.48. The summed E-state index contributed by atoms with van der Waals surface area (Å²) in [6.07, 6.45) is 2.02. The Morgan fingerprint density at radius 1 is 0.875 bits per heavy atom. The monoisotopic (exact) mass is 313 g/mol. The summed E-state index contributed by atoms with van der Waals surface area (Å²) in [5.41, 5.74) is 7.19. The van der Waals surface area contributed by atoms with Crippen molar-refractivity contribution >= 4 is 6.21 Å². The van der Waals surface area contributed by atoms with Crippen LogP contribution >= 0.6 is 0 Å². The van der Waals surface area contributed by atoms with Crippen molar-refractivity contribution in [2.24, 2.45) is 4.99 Å². The first-order chi connectivity index (χ1) is 11.8. The summed E-state index contributed by atoms with van der Waals surface area (Å²) in [4.78, 5) is 4.93. The van der Waals surface area contributed by atoms with Crippen molar-refractivity contribution in [3.63, 3.8) is 0 Å². The van der Waals surface area contributed by atoms with E-state index in [0.29, 0.717) is 0 Å². The summed E-state index contributed by atoms with van der Waals surface area (Å²) >= 11 is 0. The molecular weight excluding hydrogens is 294 g/mol. The Labute approximate surface area is 142 Å². The maximum absolute atomic E-state index is 5.48. The van der Waals surface area contributed by atoms with E-state index in [9.17, 15) is 0 Å². The van der Waals surface area contributed by atoms with E-state index in [1.807, 2.05) is 12.3 Å². The van der Waals surface area contributed by atoms with Gasteiger partial charge in [-0.2, -0.15) is 0 Å². The second-order valence-electron chi connectivity index (χ2n) is 6.08. The van der Waals surface area contributed by atoms with Crippen molar-refractivity contribution in [3.8, 4) is 16.9 Å². The quantitative estimate of drug-likeness (QED) is 0.638. The highest BCUT2D eigenvalue weighted by Crippen LogP contribution is 2.40. The Kier molecular flexibility index (Phi) is 3.66. The minimum absolute atomic E-state index is 0.0141. The van der Waals surface area contributed by atoms with Gasteiger partial charge in [0, 0.05) is 11.8 Å². The highest BCUT2D eigenvalue weighted by Gasteiger charge is 2.22. The van der Waals surface area contributed by atoms with Crippen LogP contribution in [0.3, 0.4) is 0 Å². The molecule has 0 fully saturated rings. The third-order valence-electron chi connectivity index (χ3n) is 4.61. The SMILES string of the molecule is COc1cc(C)c2c(c1)-c1ccccc1[C@@H](c1ccccc1)N=C2. The lowest BCUT2D eigenvalue weighted by Crippen LogP contribution is -1.99. The second kappa shape index (κ2) is 5.97. The number of methoxy groups -OCH3 is 1. The van der Waals surface area contributed by atoms with Crippen LogP contribution in [0.4, 0.5) is 0 Å². The highest BCUT2D eigenvalue weighted by molar-refractivity contribution is 5.95. The van der Waals surface area contributed by atoms with Crippen LogP contribution in [0.15, 0.2) is 71.7 Å². The molecule has 0 aliphatic carbocycles. The number of benzene rings is 3. The van der Waals surface area contributed by atoms with Crippen molar-refractivity contribution in [3.05, 3.63) is 89.0 Å². The predicted molar refractivity (Wildman–Crippen MR) is 99.0 cm³/mol. The Bertz CT molecular complexity index is 913. The summed E-state index contributed by atoms with van der Waals surface area (Å²) in [5.74, 6) is 0.882. The van der Waals surface area contributed by atoms with Crippen molar-refractivity contribution in [1.82, 2.24) is 0 Å². The molecule has 2 nitrogen and oxygen atoms in total. The molecule has 118 valence electrons. The zero-order valence-electron chi connectivity index (χ0n) is 13.9. The number of aliphatic imine (C=N–C) groups is 1. The van der Waals surface area contributed by atoms with Crippen molar-refractivity contribution in [1.29, 1.82) is 0 Å². The van der Waals surface area contributed by atoms with Gasteiger partial charge in [0.05, 0.1) is 7.11 Å². The van der Waals surface area contributed by atoms with E-state index in [1.165, 1.54) is 33.4 Å². The maximum Gasteiger partial charge on any atom is 0.119 e.